The summed E-state index contributed by atoms with van der Waals surface area (Å²) in [7, 11) is 0. The van der Waals surface area contributed by atoms with E-state index in [4.69, 9.17) is 10.5 Å². The maximum absolute atomic E-state index is 6.02. The highest BCUT2D eigenvalue weighted by Gasteiger charge is 2.11. The van der Waals surface area contributed by atoms with Gasteiger partial charge in [-0.05, 0) is 55.2 Å². The van der Waals surface area contributed by atoms with Crippen LogP contribution in [0.3, 0.4) is 0 Å². The largest absolute Gasteiger partial charge is 0.493 e. The van der Waals surface area contributed by atoms with Gasteiger partial charge >= 0.3 is 0 Å². The first kappa shape index (κ1) is 11.9. The normalized spacial score (nSPS) is 13.5. The molecule has 0 spiro atoms. The predicted molar refractivity (Wildman–Crippen MR) is 79.1 cm³/mol. The summed E-state index contributed by atoms with van der Waals surface area (Å²) >= 11 is 0. The van der Waals surface area contributed by atoms with Crippen LogP contribution in [0.15, 0.2) is 36.4 Å². The smallest absolute Gasteiger partial charge is 0.122 e. The first-order valence-electron chi connectivity index (χ1n) is 6.62. The lowest BCUT2D eigenvalue weighted by Crippen LogP contribution is -2.08. The number of fused-ring (bicyclic) bond motifs is 1. The first-order valence-corrected chi connectivity index (χ1v) is 6.62. The van der Waals surface area contributed by atoms with Crippen LogP contribution < -0.4 is 15.8 Å². The molecule has 0 unspecified atom stereocenters. The van der Waals surface area contributed by atoms with Gasteiger partial charge in [-0.15, -0.1) is 0 Å². The third-order valence-corrected chi connectivity index (χ3v) is 3.48. The van der Waals surface area contributed by atoms with Gasteiger partial charge in [0.2, 0.25) is 0 Å². The molecule has 3 N–H and O–H groups in total. The molecular formula is C16H18N2O. The third-order valence-electron chi connectivity index (χ3n) is 3.48. The number of para-hydroxylation sites is 1. The lowest BCUT2D eigenvalue weighted by molar-refractivity contribution is 0.288. The molecule has 3 rings (SSSR count). The van der Waals surface area contributed by atoms with Crippen molar-refractivity contribution in [3.63, 3.8) is 0 Å². The highest BCUT2D eigenvalue weighted by atomic mass is 16.5. The van der Waals surface area contributed by atoms with E-state index < -0.39 is 0 Å². The highest BCUT2D eigenvalue weighted by molar-refractivity contribution is 5.76. The van der Waals surface area contributed by atoms with Gasteiger partial charge < -0.3 is 15.8 Å². The van der Waals surface area contributed by atoms with Crippen molar-refractivity contribution in [2.45, 2.75) is 19.8 Å². The average molecular weight is 254 g/mol. The molecule has 1 aliphatic rings. The number of hydrogen-bond donors (Lipinski definition) is 2. The number of benzene rings is 2. The van der Waals surface area contributed by atoms with Crippen LogP contribution in [0, 0.1) is 6.92 Å². The number of nitrogen functional groups attached to an aromatic ring is 1. The van der Waals surface area contributed by atoms with Crippen LogP contribution in [0.25, 0.3) is 0 Å². The minimum absolute atomic E-state index is 0.772. The van der Waals surface area contributed by atoms with Gasteiger partial charge in [0.05, 0.1) is 18.0 Å². The van der Waals surface area contributed by atoms with Crippen molar-refractivity contribution in [1.29, 1.82) is 0 Å². The Bertz CT molecular complexity index is 587. The standard InChI is InChI=1S/C16H18N2O/c1-11-4-2-6-14(17)16(11)18-13-7-8-15-12(10-13)5-3-9-19-15/h2,4,6-8,10,18H,3,5,9,17H2,1H3. The molecular weight excluding hydrogens is 236 g/mol. The van der Waals surface area contributed by atoms with E-state index >= 15 is 0 Å². The molecule has 0 fully saturated rings. The van der Waals surface area contributed by atoms with Crippen molar-refractivity contribution in [1.82, 2.24) is 0 Å². The molecule has 19 heavy (non-hydrogen) atoms. The second-order valence-electron chi connectivity index (χ2n) is 4.94. The van der Waals surface area contributed by atoms with E-state index in [1.165, 1.54) is 5.56 Å². The van der Waals surface area contributed by atoms with Crippen molar-refractivity contribution in [3.05, 3.63) is 47.5 Å². The number of nitrogens with one attached hydrogen (secondary N) is 1. The highest BCUT2D eigenvalue weighted by Crippen LogP contribution is 2.31. The minimum atomic E-state index is 0.772. The monoisotopic (exact) mass is 254 g/mol. The zero-order chi connectivity index (χ0) is 13.2. The number of aryl methyl sites for hydroxylation is 2. The predicted octanol–water partition coefficient (Wildman–Crippen LogP) is 3.65. The number of anilines is 3. The summed E-state index contributed by atoms with van der Waals surface area (Å²) in [4.78, 5) is 0. The van der Waals surface area contributed by atoms with Gasteiger partial charge in [-0.3, -0.25) is 0 Å². The van der Waals surface area contributed by atoms with Crippen LogP contribution in [0.5, 0.6) is 5.75 Å². The van der Waals surface area contributed by atoms with E-state index in [1.807, 2.05) is 24.3 Å². The molecule has 0 bridgehead atoms. The zero-order valence-corrected chi connectivity index (χ0v) is 11.1. The quantitative estimate of drug-likeness (QED) is 0.804. The molecule has 1 aliphatic heterocycles. The molecule has 98 valence electrons. The summed E-state index contributed by atoms with van der Waals surface area (Å²) in [6.07, 6.45) is 2.16. The fourth-order valence-corrected chi connectivity index (χ4v) is 2.44. The van der Waals surface area contributed by atoms with E-state index in [0.717, 1.165) is 47.8 Å². The molecule has 0 saturated carbocycles. The summed E-state index contributed by atoms with van der Waals surface area (Å²) in [5.74, 6) is 1.01. The van der Waals surface area contributed by atoms with Crippen LogP contribution in [0.1, 0.15) is 17.5 Å². The van der Waals surface area contributed by atoms with Crippen LogP contribution in [-0.2, 0) is 6.42 Å². The second-order valence-corrected chi connectivity index (χ2v) is 4.94. The number of nitrogens with two attached hydrogens (primary N) is 1. The average Bonchev–Trinajstić information content (AvgIpc) is 2.43. The maximum Gasteiger partial charge on any atom is 0.122 e. The maximum atomic E-state index is 6.02. The van der Waals surface area contributed by atoms with Gasteiger partial charge in [0, 0.05) is 5.69 Å². The SMILES string of the molecule is Cc1cccc(N)c1Nc1ccc2c(c1)CCCO2. The molecule has 3 nitrogen and oxygen atoms in total. The molecule has 0 atom stereocenters. The molecule has 2 aromatic carbocycles. The molecule has 0 aliphatic carbocycles. The van der Waals surface area contributed by atoms with E-state index in [9.17, 15) is 0 Å². The van der Waals surface area contributed by atoms with Gasteiger partial charge in [-0.1, -0.05) is 12.1 Å². The number of ether oxygens (including phenoxy) is 1. The van der Waals surface area contributed by atoms with Crippen LogP contribution in [0.2, 0.25) is 0 Å². The van der Waals surface area contributed by atoms with E-state index in [-0.39, 0.29) is 0 Å². The van der Waals surface area contributed by atoms with Gasteiger partial charge in [-0.2, -0.15) is 0 Å². The first-order chi connectivity index (χ1) is 9.24. The number of rotatable bonds is 2. The van der Waals surface area contributed by atoms with Crippen molar-refractivity contribution in [3.8, 4) is 5.75 Å². The zero-order valence-electron chi connectivity index (χ0n) is 11.1. The Balaban J connectivity index is 1.91. The van der Waals surface area contributed by atoms with E-state index in [0.29, 0.717) is 0 Å². The third kappa shape index (κ3) is 2.36. The van der Waals surface area contributed by atoms with E-state index in [1.54, 1.807) is 0 Å². The van der Waals surface area contributed by atoms with Crippen LogP contribution in [0.4, 0.5) is 17.1 Å². The topological polar surface area (TPSA) is 47.3 Å². The Morgan fingerprint density at radius 1 is 1.21 bits per heavy atom. The molecule has 2 aromatic rings. The fourth-order valence-electron chi connectivity index (χ4n) is 2.44. The fraction of sp³-hybridized carbons (Fsp3) is 0.250. The Morgan fingerprint density at radius 2 is 2.11 bits per heavy atom. The summed E-state index contributed by atoms with van der Waals surface area (Å²) in [5, 5.41) is 3.41. The molecule has 0 amide bonds. The van der Waals surface area contributed by atoms with Crippen molar-refractivity contribution in [2.24, 2.45) is 0 Å². The Kier molecular flexibility index (Phi) is 3.03. The van der Waals surface area contributed by atoms with Gasteiger partial charge in [0.1, 0.15) is 5.75 Å². The number of hydrogen-bond acceptors (Lipinski definition) is 3. The van der Waals surface area contributed by atoms with E-state index in [2.05, 4.69) is 24.4 Å². The minimum Gasteiger partial charge on any atom is -0.493 e. The Morgan fingerprint density at radius 3 is 2.95 bits per heavy atom. The Labute approximate surface area is 113 Å². The second kappa shape index (κ2) is 4.84. The van der Waals surface area contributed by atoms with Gasteiger partial charge in [0.15, 0.2) is 0 Å². The van der Waals surface area contributed by atoms with Gasteiger partial charge in [-0.25, -0.2) is 0 Å². The molecule has 3 heteroatoms. The molecule has 0 aromatic heterocycles. The molecule has 1 heterocycles. The van der Waals surface area contributed by atoms with Crippen molar-refractivity contribution < 1.29 is 4.74 Å². The lowest BCUT2D eigenvalue weighted by Gasteiger charge is -2.19. The lowest BCUT2D eigenvalue weighted by atomic mass is 10.1. The summed E-state index contributed by atoms with van der Waals surface area (Å²) in [5.41, 5.74) is 11.3. The summed E-state index contributed by atoms with van der Waals surface area (Å²) in [6.45, 7) is 2.88. The van der Waals surface area contributed by atoms with Gasteiger partial charge in [0.25, 0.3) is 0 Å². The van der Waals surface area contributed by atoms with Crippen LogP contribution >= 0.6 is 0 Å². The van der Waals surface area contributed by atoms with Crippen molar-refractivity contribution in [2.75, 3.05) is 17.7 Å². The molecule has 0 saturated heterocycles. The summed E-state index contributed by atoms with van der Waals surface area (Å²) < 4.78 is 5.62. The van der Waals surface area contributed by atoms with Crippen LogP contribution in [-0.4, -0.2) is 6.61 Å². The Hall–Kier alpha value is -2.16. The summed E-state index contributed by atoms with van der Waals surface area (Å²) in [6, 6.07) is 12.2. The molecule has 0 radical (unpaired) electrons. The van der Waals surface area contributed by atoms with Crippen molar-refractivity contribution >= 4 is 17.1 Å².